The number of nitrogens with zero attached hydrogens (tertiary/aromatic N) is 3. The lowest BCUT2D eigenvalue weighted by molar-refractivity contribution is -0.128. The number of rotatable bonds is 2. The Morgan fingerprint density at radius 2 is 2.19 bits per heavy atom. The first-order valence-corrected chi connectivity index (χ1v) is 5.46. The highest BCUT2D eigenvalue weighted by Gasteiger charge is 2.27. The molecule has 2 heterocycles. The van der Waals surface area contributed by atoms with Gasteiger partial charge in [0.1, 0.15) is 5.78 Å². The first-order chi connectivity index (χ1) is 7.61. The van der Waals surface area contributed by atoms with Crippen molar-refractivity contribution in [3.05, 3.63) is 11.9 Å². The third-order valence-corrected chi connectivity index (χ3v) is 2.77. The lowest BCUT2D eigenvalue weighted by Crippen LogP contribution is -2.39. The van der Waals surface area contributed by atoms with Crippen LogP contribution in [0.2, 0.25) is 0 Å². The molecule has 2 rings (SSSR count). The van der Waals surface area contributed by atoms with Crippen LogP contribution < -0.4 is 4.90 Å². The molecule has 0 aliphatic carbocycles. The van der Waals surface area contributed by atoms with Gasteiger partial charge in [-0.1, -0.05) is 6.92 Å². The van der Waals surface area contributed by atoms with Crippen molar-refractivity contribution in [2.45, 2.75) is 26.2 Å². The summed E-state index contributed by atoms with van der Waals surface area (Å²) in [5.41, 5.74) is 1.76. The molecule has 1 aromatic heterocycles. The summed E-state index contributed by atoms with van der Waals surface area (Å²) >= 11 is 0. The SMILES string of the molecule is CCc1nn(C)cc1N1CCC(=O)CC1=O. The maximum absolute atomic E-state index is 11.8. The molecule has 0 spiro atoms. The zero-order valence-corrected chi connectivity index (χ0v) is 9.56. The number of ketones is 1. The van der Waals surface area contributed by atoms with Gasteiger partial charge in [0, 0.05) is 26.2 Å². The van der Waals surface area contributed by atoms with E-state index < -0.39 is 0 Å². The van der Waals surface area contributed by atoms with Crippen molar-refractivity contribution >= 4 is 17.4 Å². The normalized spacial score (nSPS) is 17.0. The molecule has 0 saturated carbocycles. The summed E-state index contributed by atoms with van der Waals surface area (Å²) in [7, 11) is 1.84. The zero-order chi connectivity index (χ0) is 11.7. The largest absolute Gasteiger partial charge is 0.308 e. The third kappa shape index (κ3) is 1.85. The summed E-state index contributed by atoms with van der Waals surface area (Å²) in [6, 6.07) is 0. The van der Waals surface area contributed by atoms with Crippen LogP contribution in [0.3, 0.4) is 0 Å². The van der Waals surface area contributed by atoms with Crippen LogP contribution in [0.15, 0.2) is 6.20 Å². The molecule has 0 aromatic carbocycles. The number of carbonyl (C=O) groups excluding carboxylic acids is 2. The number of hydrogen-bond acceptors (Lipinski definition) is 3. The molecule has 0 atom stereocenters. The van der Waals surface area contributed by atoms with Crippen LogP contribution in [0.5, 0.6) is 0 Å². The monoisotopic (exact) mass is 221 g/mol. The fourth-order valence-corrected chi connectivity index (χ4v) is 1.97. The minimum Gasteiger partial charge on any atom is -0.308 e. The van der Waals surface area contributed by atoms with E-state index in [9.17, 15) is 9.59 Å². The van der Waals surface area contributed by atoms with E-state index >= 15 is 0 Å². The van der Waals surface area contributed by atoms with Crippen molar-refractivity contribution in [1.82, 2.24) is 9.78 Å². The second-order valence-corrected chi connectivity index (χ2v) is 4.00. The van der Waals surface area contributed by atoms with E-state index in [0.29, 0.717) is 13.0 Å². The standard InChI is InChI=1S/C11H15N3O2/c1-3-9-10(7-13(2)12-9)14-5-4-8(15)6-11(14)16/h7H,3-6H2,1-2H3. The Labute approximate surface area is 94.0 Å². The van der Waals surface area contributed by atoms with Crippen LogP contribution in [0.4, 0.5) is 5.69 Å². The predicted octanol–water partition coefficient (Wildman–Crippen LogP) is 0.678. The van der Waals surface area contributed by atoms with Gasteiger partial charge in [-0.25, -0.2) is 0 Å². The molecule has 16 heavy (non-hydrogen) atoms. The second-order valence-electron chi connectivity index (χ2n) is 4.00. The molecule has 0 bridgehead atoms. The smallest absolute Gasteiger partial charge is 0.234 e. The number of amides is 1. The first-order valence-electron chi connectivity index (χ1n) is 5.46. The zero-order valence-electron chi connectivity index (χ0n) is 9.56. The summed E-state index contributed by atoms with van der Waals surface area (Å²) in [5, 5.41) is 4.30. The maximum Gasteiger partial charge on any atom is 0.234 e. The van der Waals surface area contributed by atoms with E-state index in [4.69, 9.17) is 0 Å². The average molecular weight is 221 g/mol. The molecular formula is C11H15N3O2. The Hall–Kier alpha value is -1.65. The molecule has 1 aromatic rings. The van der Waals surface area contributed by atoms with Gasteiger partial charge in [-0.15, -0.1) is 0 Å². The number of aryl methyl sites for hydroxylation is 2. The van der Waals surface area contributed by atoms with Gasteiger partial charge in [0.2, 0.25) is 5.91 Å². The lowest BCUT2D eigenvalue weighted by Gasteiger charge is -2.25. The molecular weight excluding hydrogens is 206 g/mol. The molecule has 1 aliphatic heterocycles. The van der Waals surface area contributed by atoms with Gasteiger partial charge in [0.05, 0.1) is 17.8 Å². The van der Waals surface area contributed by atoms with E-state index in [1.165, 1.54) is 0 Å². The fourth-order valence-electron chi connectivity index (χ4n) is 1.97. The van der Waals surface area contributed by atoms with Crippen molar-refractivity contribution < 1.29 is 9.59 Å². The molecule has 5 nitrogen and oxygen atoms in total. The van der Waals surface area contributed by atoms with E-state index in [1.807, 2.05) is 20.2 Å². The molecule has 0 N–H and O–H groups in total. The van der Waals surface area contributed by atoms with Crippen molar-refractivity contribution in [2.75, 3.05) is 11.4 Å². The lowest BCUT2D eigenvalue weighted by atomic mass is 10.1. The Balaban J connectivity index is 2.29. The highest BCUT2D eigenvalue weighted by Crippen LogP contribution is 2.23. The Bertz CT molecular complexity index is 436. The van der Waals surface area contributed by atoms with Gasteiger partial charge in [-0.3, -0.25) is 14.3 Å². The van der Waals surface area contributed by atoms with Crippen LogP contribution in [-0.4, -0.2) is 28.0 Å². The molecule has 1 fully saturated rings. The second kappa shape index (κ2) is 4.08. The molecule has 1 amide bonds. The topological polar surface area (TPSA) is 55.2 Å². The quantitative estimate of drug-likeness (QED) is 0.690. The van der Waals surface area contributed by atoms with Crippen molar-refractivity contribution in [2.24, 2.45) is 7.05 Å². The maximum atomic E-state index is 11.8. The third-order valence-electron chi connectivity index (χ3n) is 2.77. The number of aromatic nitrogens is 2. The van der Waals surface area contributed by atoms with Gasteiger partial charge in [0.25, 0.3) is 0 Å². The fraction of sp³-hybridized carbons (Fsp3) is 0.545. The van der Waals surface area contributed by atoms with Crippen LogP contribution >= 0.6 is 0 Å². The summed E-state index contributed by atoms with van der Waals surface area (Å²) in [4.78, 5) is 24.6. The Kier molecular flexibility index (Phi) is 2.77. The molecule has 5 heteroatoms. The minimum atomic E-state index is -0.112. The summed E-state index contributed by atoms with van der Waals surface area (Å²) in [6.07, 6.45) is 3.10. The Morgan fingerprint density at radius 3 is 2.81 bits per heavy atom. The Morgan fingerprint density at radius 1 is 1.44 bits per heavy atom. The summed E-state index contributed by atoms with van der Waals surface area (Å²) in [6.45, 7) is 2.49. The van der Waals surface area contributed by atoms with Crippen molar-refractivity contribution in [3.63, 3.8) is 0 Å². The average Bonchev–Trinajstić information content (AvgIpc) is 2.59. The highest BCUT2D eigenvalue weighted by molar-refractivity contribution is 6.08. The van der Waals surface area contributed by atoms with Crippen molar-refractivity contribution in [1.29, 1.82) is 0 Å². The molecule has 86 valence electrons. The van der Waals surface area contributed by atoms with Crippen LogP contribution in [0.25, 0.3) is 0 Å². The number of hydrogen-bond donors (Lipinski definition) is 0. The van der Waals surface area contributed by atoms with Crippen molar-refractivity contribution in [3.8, 4) is 0 Å². The molecule has 1 saturated heterocycles. The van der Waals surface area contributed by atoms with Gasteiger partial charge < -0.3 is 4.90 Å². The molecule has 1 aliphatic rings. The molecule has 0 unspecified atom stereocenters. The molecule has 0 radical (unpaired) electrons. The van der Waals surface area contributed by atoms with Gasteiger partial charge in [-0.2, -0.15) is 5.10 Å². The van der Waals surface area contributed by atoms with E-state index in [-0.39, 0.29) is 18.1 Å². The van der Waals surface area contributed by atoms with Gasteiger partial charge in [0.15, 0.2) is 0 Å². The summed E-state index contributed by atoms with van der Waals surface area (Å²) in [5.74, 6) is -0.0814. The highest BCUT2D eigenvalue weighted by atomic mass is 16.2. The van der Waals surface area contributed by atoms with Gasteiger partial charge >= 0.3 is 0 Å². The van der Waals surface area contributed by atoms with E-state index in [0.717, 1.165) is 17.8 Å². The van der Waals surface area contributed by atoms with Crippen LogP contribution in [-0.2, 0) is 23.1 Å². The van der Waals surface area contributed by atoms with E-state index in [1.54, 1.807) is 9.58 Å². The minimum absolute atomic E-state index is 0.0258. The first kappa shape index (κ1) is 10.9. The van der Waals surface area contributed by atoms with E-state index in [2.05, 4.69) is 5.10 Å². The predicted molar refractivity (Wildman–Crippen MR) is 59.2 cm³/mol. The summed E-state index contributed by atoms with van der Waals surface area (Å²) < 4.78 is 1.71. The van der Waals surface area contributed by atoms with Crippen LogP contribution in [0, 0.1) is 0 Å². The van der Waals surface area contributed by atoms with Crippen LogP contribution in [0.1, 0.15) is 25.5 Å². The van der Waals surface area contributed by atoms with Gasteiger partial charge in [-0.05, 0) is 6.42 Å². The number of anilines is 1. The number of carbonyl (C=O) groups is 2. The number of piperidine rings is 1. The number of Topliss-reactive ketones (excluding diaryl/α,β-unsaturated/α-hetero) is 1.